The third kappa shape index (κ3) is 3.42. The molecule has 5 nitrogen and oxygen atoms in total. The maximum absolute atomic E-state index is 12.6. The first-order valence-corrected chi connectivity index (χ1v) is 9.38. The van der Waals surface area contributed by atoms with Gasteiger partial charge in [-0.05, 0) is 26.3 Å². The summed E-state index contributed by atoms with van der Waals surface area (Å²) in [5.74, 6) is -0.138. The summed E-state index contributed by atoms with van der Waals surface area (Å²) in [6.45, 7) is 6.02. The Morgan fingerprint density at radius 2 is 1.78 bits per heavy atom. The zero-order valence-corrected chi connectivity index (χ0v) is 16.3. The van der Waals surface area contributed by atoms with E-state index in [2.05, 4.69) is 0 Å². The van der Waals surface area contributed by atoms with Crippen LogP contribution in [0.4, 0.5) is 0 Å². The minimum absolute atomic E-state index is 0.258. The van der Waals surface area contributed by atoms with E-state index in [4.69, 9.17) is 9.47 Å². The quantitative estimate of drug-likeness (QED) is 0.459. The number of aromatic nitrogens is 1. The van der Waals surface area contributed by atoms with Crippen LogP contribution in [-0.2, 0) is 16.6 Å². The van der Waals surface area contributed by atoms with Gasteiger partial charge >= 0.3 is 11.9 Å². The Kier molecular flexibility index (Phi) is 5.49. The average molecular weight is 367 g/mol. The Labute approximate surface area is 158 Å². The predicted molar refractivity (Wildman–Crippen MR) is 106 cm³/mol. The summed E-state index contributed by atoms with van der Waals surface area (Å²) in [5, 5.41) is 2.53. The number of unbranched alkanes of at least 4 members (excludes halogenated alkanes) is 1. The number of hydrogen-bond donors (Lipinski definition) is 0. The van der Waals surface area contributed by atoms with Crippen LogP contribution in [0.1, 0.15) is 49.2 Å². The van der Waals surface area contributed by atoms with Gasteiger partial charge in [-0.3, -0.25) is 4.79 Å². The first-order chi connectivity index (χ1) is 13.0. The standard InChI is InChI=1S/C22H25NO4/c1-5-7-12-19(24)27-18-13-17-20(22(25)26-6-2)14(3)23(4)21(17)16-11-9-8-10-15(16)18/h8-11,13H,5-7,12H2,1-4H3. The number of fused-ring (bicyclic) bond motifs is 3. The lowest BCUT2D eigenvalue weighted by molar-refractivity contribution is -0.134. The van der Waals surface area contributed by atoms with Crippen molar-refractivity contribution in [2.75, 3.05) is 6.61 Å². The van der Waals surface area contributed by atoms with Crippen LogP contribution in [0, 0.1) is 6.92 Å². The molecule has 0 spiro atoms. The van der Waals surface area contributed by atoms with Gasteiger partial charge in [-0.25, -0.2) is 4.79 Å². The monoisotopic (exact) mass is 367 g/mol. The maximum atomic E-state index is 12.6. The van der Waals surface area contributed by atoms with E-state index in [1.807, 2.05) is 49.7 Å². The van der Waals surface area contributed by atoms with Gasteiger partial charge in [0, 0.05) is 35.3 Å². The zero-order chi connectivity index (χ0) is 19.6. The molecule has 1 aromatic heterocycles. The van der Waals surface area contributed by atoms with E-state index in [1.165, 1.54) is 0 Å². The van der Waals surface area contributed by atoms with Crippen LogP contribution in [0.2, 0.25) is 0 Å². The van der Waals surface area contributed by atoms with Crippen LogP contribution >= 0.6 is 0 Å². The molecule has 0 N–H and O–H groups in total. The summed E-state index contributed by atoms with van der Waals surface area (Å²) in [5.41, 5.74) is 2.27. The van der Waals surface area contributed by atoms with Crippen molar-refractivity contribution in [3.05, 3.63) is 41.6 Å². The molecule has 142 valence electrons. The van der Waals surface area contributed by atoms with Crippen LogP contribution in [-0.4, -0.2) is 23.1 Å². The third-order valence-electron chi connectivity index (χ3n) is 4.89. The Morgan fingerprint density at radius 1 is 1.07 bits per heavy atom. The number of nitrogens with zero attached hydrogens (tertiary/aromatic N) is 1. The molecule has 0 aliphatic rings. The second kappa shape index (κ2) is 7.82. The third-order valence-corrected chi connectivity index (χ3v) is 4.89. The van der Waals surface area contributed by atoms with Crippen molar-refractivity contribution in [1.29, 1.82) is 0 Å². The predicted octanol–water partition coefficient (Wildman–Crippen LogP) is 4.91. The van der Waals surface area contributed by atoms with Crippen LogP contribution in [0.15, 0.2) is 30.3 Å². The highest BCUT2D eigenvalue weighted by Gasteiger charge is 2.23. The molecule has 0 aliphatic heterocycles. The minimum Gasteiger partial charge on any atom is -0.462 e. The van der Waals surface area contributed by atoms with E-state index in [0.29, 0.717) is 24.3 Å². The molecule has 0 fully saturated rings. The summed E-state index contributed by atoms with van der Waals surface area (Å²) < 4.78 is 12.9. The molecule has 1 heterocycles. The molecule has 2 aromatic carbocycles. The van der Waals surface area contributed by atoms with E-state index >= 15 is 0 Å². The van der Waals surface area contributed by atoms with E-state index < -0.39 is 0 Å². The SMILES string of the molecule is CCCCC(=O)Oc1cc2c(C(=O)OCC)c(C)n(C)c2c2ccccc12. The number of carbonyl (C=O) groups is 2. The van der Waals surface area contributed by atoms with Gasteiger partial charge in [-0.1, -0.05) is 37.6 Å². The fraction of sp³-hybridized carbons (Fsp3) is 0.364. The van der Waals surface area contributed by atoms with Gasteiger partial charge < -0.3 is 14.0 Å². The highest BCUT2D eigenvalue weighted by atomic mass is 16.5. The van der Waals surface area contributed by atoms with Gasteiger partial charge in [-0.15, -0.1) is 0 Å². The van der Waals surface area contributed by atoms with Crippen molar-refractivity contribution in [2.45, 2.75) is 40.0 Å². The molecule has 3 rings (SSSR count). The van der Waals surface area contributed by atoms with Gasteiger partial charge in [0.1, 0.15) is 5.75 Å². The first kappa shape index (κ1) is 19.0. The summed E-state index contributed by atoms with van der Waals surface area (Å²) >= 11 is 0. The lowest BCUT2D eigenvalue weighted by Gasteiger charge is -2.10. The molecular formula is C22H25NO4. The second-order valence-electron chi connectivity index (χ2n) is 6.63. The number of benzene rings is 2. The van der Waals surface area contributed by atoms with Crippen molar-refractivity contribution in [3.8, 4) is 5.75 Å². The maximum Gasteiger partial charge on any atom is 0.340 e. The van der Waals surface area contributed by atoms with Crippen LogP contribution in [0.5, 0.6) is 5.75 Å². The molecule has 3 aromatic rings. The van der Waals surface area contributed by atoms with Crippen LogP contribution in [0.3, 0.4) is 0 Å². The fourth-order valence-electron chi connectivity index (χ4n) is 3.45. The van der Waals surface area contributed by atoms with E-state index in [0.717, 1.165) is 40.2 Å². The van der Waals surface area contributed by atoms with Gasteiger partial charge in [-0.2, -0.15) is 0 Å². The number of hydrogen-bond acceptors (Lipinski definition) is 4. The highest BCUT2D eigenvalue weighted by Crippen LogP contribution is 2.37. The number of aryl methyl sites for hydroxylation is 1. The topological polar surface area (TPSA) is 57.5 Å². The Balaban J connectivity index is 2.25. The average Bonchev–Trinajstić information content (AvgIpc) is 2.91. The molecule has 0 amide bonds. The highest BCUT2D eigenvalue weighted by molar-refractivity contribution is 6.16. The van der Waals surface area contributed by atoms with Crippen molar-refractivity contribution in [1.82, 2.24) is 4.57 Å². The molecule has 0 bridgehead atoms. The van der Waals surface area contributed by atoms with Crippen molar-refractivity contribution >= 4 is 33.6 Å². The summed E-state index contributed by atoms with van der Waals surface area (Å²) in [6, 6.07) is 9.57. The molecular weight excluding hydrogens is 342 g/mol. The number of carbonyl (C=O) groups excluding carboxylic acids is 2. The van der Waals surface area contributed by atoms with Gasteiger partial charge in [0.15, 0.2) is 0 Å². The first-order valence-electron chi connectivity index (χ1n) is 9.38. The molecule has 27 heavy (non-hydrogen) atoms. The molecule has 0 atom stereocenters. The van der Waals surface area contributed by atoms with Gasteiger partial charge in [0.25, 0.3) is 0 Å². The number of rotatable bonds is 6. The van der Waals surface area contributed by atoms with Crippen LogP contribution < -0.4 is 4.74 Å². The molecule has 0 aliphatic carbocycles. The fourth-order valence-corrected chi connectivity index (χ4v) is 3.45. The smallest absolute Gasteiger partial charge is 0.340 e. The van der Waals surface area contributed by atoms with Crippen molar-refractivity contribution in [3.63, 3.8) is 0 Å². The number of ether oxygens (including phenoxy) is 2. The lowest BCUT2D eigenvalue weighted by atomic mass is 10.0. The summed E-state index contributed by atoms with van der Waals surface area (Å²) in [4.78, 5) is 24.8. The van der Waals surface area contributed by atoms with Gasteiger partial charge in [0.05, 0.1) is 17.7 Å². The van der Waals surface area contributed by atoms with E-state index in [-0.39, 0.29) is 11.9 Å². The minimum atomic E-state index is -0.362. The Hall–Kier alpha value is -2.82. The largest absolute Gasteiger partial charge is 0.462 e. The normalized spacial score (nSPS) is 11.1. The molecule has 0 radical (unpaired) electrons. The number of esters is 2. The second-order valence-corrected chi connectivity index (χ2v) is 6.63. The summed E-state index contributed by atoms with van der Waals surface area (Å²) in [6.07, 6.45) is 2.10. The van der Waals surface area contributed by atoms with Crippen molar-refractivity contribution < 1.29 is 19.1 Å². The Bertz CT molecular complexity index is 1020. The molecule has 5 heteroatoms. The van der Waals surface area contributed by atoms with Gasteiger partial charge in [0.2, 0.25) is 0 Å². The Morgan fingerprint density at radius 3 is 2.44 bits per heavy atom. The lowest BCUT2D eigenvalue weighted by Crippen LogP contribution is -2.08. The van der Waals surface area contributed by atoms with E-state index in [1.54, 1.807) is 13.0 Å². The molecule has 0 saturated heterocycles. The van der Waals surface area contributed by atoms with Crippen LogP contribution in [0.25, 0.3) is 21.7 Å². The molecule has 0 saturated carbocycles. The van der Waals surface area contributed by atoms with E-state index in [9.17, 15) is 9.59 Å². The summed E-state index contributed by atoms with van der Waals surface area (Å²) in [7, 11) is 1.93. The van der Waals surface area contributed by atoms with Crippen molar-refractivity contribution in [2.24, 2.45) is 7.05 Å². The zero-order valence-electron chi connectivity index (χ0n) is 16.3. The molecule has 0 unspecified atom stereocenters.